The molecular formula is C19H21N3O4. The van der Waals surface area contributed by atoms with Gasteiger partial charge < -0.3 is 19.5 Å². The number of anilines is 1. The van der Waals surface area contributed by atoms with E-state index in [0.717, 1.165) is 24.2 Å². The van der Waals surface area contributed by atoms with Crippen molar-refractivity contribution in [1.82, 2.24) is 10.2 Å². The summed E-state index contributed by atoms with van der Waals surface area (Å²) < 4.78 is 5.04. The van der Waals surface area contributed by atoms with Gasteiger partial charge in [-0.1, -0.05) is 12.1 Å². The van der Waals surface area contributed by atoms with Gasteiger partial charge in [-0.25, -0.2) is 0 Å². The summed E-state index contributed by atoms with van der Waals surface area (Å²) >= 11 is 0. The Labute approximate surface area is 151 Å². The van der Waals surface area contributed by atoms with E-state index in [-0.39, 0.29) is 30.0 Å². The summed E-state index contributed by atoms with van der Waals surface area (Å²) in [5, 5.41) is 2.78. The molecule has 0 aliphatic carbocycles. The molecule has 1 aliphatic rings. The average Bonchev–Trinajstić information content (AvgIpc) is 3.31. The molecule has 136 valence electrons. The van der Waals surface area contributed by atoms with Gasteiger partial charge in [0.15, 0.2) is 5.76 Å². The Balaban J connectivity index is 1.48. The number of carbonyl (C=O) groups excluding carboxylic acids is 3. The van der Waals surface area contributed by atoms with E-state index in [1.807, 2.05) is 24.3 Å². The summed E-state index contributed by atoms with van der Waals surface area (Å²) in [4.78, 5) is 38.9. The van der Waals surface area contributed by atoms with E-state index < -0.39 is 0 Å². The lowest BCUT2D eigenvalue weighted by molar-refractivity contribution is -0.121. The summed E-state index contributed by atoms with van der Waals surface area (Å²) in [6.45, 7) is 1.06. The summed E-state index contributed by atoms with van der Waals surface area (Å²) in [5.41, 5.74) is 1.81. The first-order chi connectivity index (χ1) is 12.5. The van der Waals surface area contributed by atoms with Gasteiger partial charge in [-0.3, -0.25) is 14.4 Å². The normalized spacial score (nSPS) is 13.7. The van der Waals surface area contributed by atoms with Crippen molar-refractivity contribution >= 4 is 23.4 Å². The van der Waals surface area contributed by atoms with Crippen LogP contribution in [0.4, 0.5) is 5.69 Å². The Morgan fingerprint density at radius 1 is 1.23 bits per heavy atom. The molecule has 7 nitrogen and oxygen atoms in total. The van der Waals surface area contributed by atoms with Crippen molar-refractivity contribution in [1.29, 1.82) is 0 Å². The highest BCUT2D eigenvalue weighted by atomic mass is 16.3. The Kier molecular flexibility index (Phi) is 5.36. The van der Waals surface area contributed by atoms with Crippen molar-refractivity contribution in [3.05, 3.63) is 54.0 Å². The SMILES string of the molecule is CN(CC(=O)NCc1ccc(N2CCCC2=O)cc1)C(=O)c1ccco1. The first-order valence-corrected chi connectivity index (χ1v) is 8.49. The van der Waals surface area contributed by atoms with Crippen LogP contribution < -0.4 is 10.2 Å². The van der Waals surface area contributed by atoms with E-state index in [0.29, 0.717) is 13.0 Å². The molecule has 0 unspecified atom stereocenters. The zero-order valence-electron chi connectivity index (χ0n) is 14.6. The average molecular weight is 355 g/mol. The number of nitrogens with one attached hydrogen (secondary N) is 1. The molecule has 1 fully saturated rings. The van der Waals surface area contributed by atoms with Gasteiger partial charge in [0.05, 0.1) is 12.8 Å². The maximum Gasteiger partial charge on any atom is 0.289 e. The molecule has 0 atom stereocenters. The van der Waals surface area contributed by atoms with E-state index >= 15 is 0 Å². The predicted molar refractivity (Wildman–Crippen MR) is 95.5 cm³/mol. The molecule has 3 amide bonds. The number of hydrogen-bond donors (Lipinski definition) is 1. The van der Waals surface area contributed by atoms with E-state index in [9.17, 15) is 14.4 Å². The summed E-state index contributed by atoms with van der Waals surface area (Å²) in [6, 6.07) is 10.7. The zero-order valence-corrected chi connectivity index (χ0v) is 14.6. The highest BCUT2D eigenvalue weighted by Gasteiger charge is 2.21. The van der Waals surface area contributed by atoms with Crippen molar-refractivity contribution in [2.75, 3.05) is 25.0 Å². The van der Waals surface area contributed by atoms with Gasteiger partial charge in [0.1, 0.15) is 0 Å². The van der Waals surface area contributed by atoms with E-state index in [1.165, 1.54) is 11.2 Å². The number of furan rings is 1. The van der Waals surface area contributed by atoms with E-state index in [1.54, 1.807) is 24.1 Å². The second kappa shape index (κ2) is 7.86. The molecule has 3 rings (SSSR count). The number of amides is 3. The van der Waals surface area contributed by atoms with Crippen LogP contribution in [-0.4, -0.2) is 42.8 Å². The Bertz CT molecular complexity index is 784. The molecule has 0 radical (unpaired) electrons. The fourth-order valence-corrected chi connectivity index (χ4v) is 2.85. The standard InChI is InChI=1S/C19H21N3O4/c1-21(19(25)16-4-3-11-26-16)13-17(23)20-12-14-6-8-15(9-7-14)22-10-2-5-18(22)24/h3-4,6-9,11H,2,5,10,12-13H2,1H3,(H,20,23). The molecule has 0 spiro atoms. The maximum absolute atomic E-state index is 12.0. The molecule has 2 aromatic rings. The number of benzene rings is 1. The maximum atomic E-state index is 12.0. The Hall–Kier alpha value is -3.09. The van der Waals surface area contributed by atoms with Crippen LogP contribution in [0.1, 0.15) is 29.0 Å². The second-order valence-corrected chi connectivity index (χ2v) is 6.23. The van der Waals surface area contributed by atoms with Crippen molar-refractivity contribution < 1.29 is 18.8 Å². The molecule has 1 aromatic carbocycles. The van der Waals surface area contributed by atoms with Gasteiger partial charge in [-0.2, -0.15) is 0 Å². The predicted octanol–water partition coefficient (Wildman–Crippen LogP) is 1.79. The zero-order chi connectivity index (χ0) is 18.5. The summed E-state index contributed by atoms with van der Waals surface area (Å²) in [5.74, 6) is -0.251. The van der Waals surface area contributed by atoms with Crippen molar-refractivity contribution in [3.8, 4) is 0 Å². The molecule has 26 heavy (non-hydrogen) atoms. The van der Waals surface area contributed by atoms with Crippen LogP contribution in [0, 0.1) is 0 Å². The molecule has 1 N–H and O–H groups in total. The summed E-state index contributed by atoms with van der Waals surface area (Å²) in [6.07, 6.45) is 2.91. The second-order valence-electron chi connectivity index (χ2n) is 6.23. The van der Waals surface area contributed by atoms with Crippen molar-refractivity contribution in [2.45, 2.75) is 19.4 Å². The smallest absolute Gasteiger partial charge is 0.289 e. The highest BCUT2D eigenvalue weighted by molar-refractivity contribution is 5.95. The molecule has 1 aromatic heterocycles. The fourth-order valence-electron chi connectivity index (χ4n) is 2.85. The van der Waals surface area contributed by atoms with Crippen LogP contribution in [0.15, 0.2) is 47.1 Å². The van der Waals surface area contributed by atoms with E-state index in [4.69, 9.17) is 4.42 Å². The lowest BCUT2D eigenvalue weighted by atomic mass is 10.2. The van der Waals surface area contributed by atoms with E-state index in [2.05, 4.69) is 5.32 Å². The first-order valence-electron chi connectivity index (χ1n) is 8.49. The van der Waals surface area contributed by atoms with Gasteiger partial charge >= 0.3 is 0 Å². The number of hydrogen-bond acceptors (Lipinski definition) is 4. The molecule has 0 saturated carbocycles. The Morgan fingerprint density at radius 3 is 2.62 bits per heavy atom. The third kappa shape index (κ3) is 4.11. The first kappa shape index (κ1) is 17.7. The summed E-state index contributed by atoms with van der Waals surface area (Å²) in [7, 11) is 1.55. The van der Waals surface area contributed by atoms with Gasteiger partial charge in [0.2, 0.25) is 11.8 Å². The van der Waals surface area contributed by atoms with Gasteiger partial charge in [-0.05, 0) is 36.2 Å². The quantitative estimate of drug-likeness (QED) is 0.856. The Morgan fingerprint density at radius 2 is 2.00 bits per heavy atom. The topological polar surface area (TPSA) is 82.9 Å². The minimum atomic E-state index is -0.343. The van der Waals surface area contributed by atoms with Crippen molar-refractivity contribution in [2.24, 2.45) is 0 Å². The van der Waals surface area contributed by atoms with Gasteiger partial charge in [0, 0.05) is 32.2 Å². The monoisotopic (exact) mass is 355 g/mol. The number of nitrogens with zero attached hydrogens (tertiary/aromatic N) is 2. The molecule has 1 saturated heterocycles. The largest absolute Gasteiger partial charge is 0.459 e. The van der Waals surface area contributed by atoms with Crippen LogP contribution in [-0.2, 0) is 16.1 Å². The third-order valence-electron chi connectivity index (χ3n) is 4.27. The molecule has 7 heteroatoms. The molecular weight excluding hydrogens is 334 g/mol. The van der Waals surface area contributed by atoms with Crippen LogP contribution in [0.2, 0.25) is 0 Å². The number of likely N-dealkylation sites (N-methyl/N-ethyl adjacent to an activating group) is 1. The molecule has 1 aliphatic heterocycles. The van der Waals surface area contributed by atoms with Gasteiger partial charge in [-0.15, -0.1) is 0 Å². The number of carbonyl (C=O) groups is 3. The molecule has 2 heterocycles. The number of rotatable bonds is 6. The van der Waals surface area contributed by atoms with Crippen LogP contribution in [0.5, 0.6) is 0 Å². The van der Waals surface area contributed by atoms with Crippen LogP contribution >= 0.6 is 0 Å². The third-order valence-corrected chi connectivity index (χ3v) is 4.27. The lowest BCUT2D eigenvalue weighted by Crippen LogP contribution is -2.38. The van der Waals surface area contributed by atoms with Crippen LogP contribution in [0.3, 0.4) is 0 Å². The minimum Gasteiger partial charge on any atom is -0.459 e. The van der Waals surface area contributed by atoms with Crippen molar-refractivity contribution in [3.63, 3.8) is 0 Å². The fraction of sp³-hybridized carbons (Fsp3) is 0.316. The lowest BCUT2D eigenvalue weighted by Gasteiger charge is -2.17. The molecule has 0 bridgehead atoms. The minimum absolute atomic E-state index is 0.0557. The van der Waals surface area contributed by atoms with Gasteiger partial charge in [0.25, 0.3) is 5.91 Å². The van der Waals surface area contributed by atoms with Crippen LogP contribution in [0.25, 0.3) is 0 Å². The highest BCUT2D eigenvalue weighted by Crippen LogP contribution is 2.21.